The maximum absolute atomic E-state index is 11.1. The van der Waals surface area contributed by atoms with Crippen LogP contribution in [0.1, 0.15) is 15.9 Å². The second kappa shape index (κ2) is 4.94. The van der Waals surface area contributed by atoms with E-state index in [0.29, 0.717) is 12.1 Å². The molecule has 94 valence electrons. The highest BCUT2D eigenvalue weighted by Crippen LogP contribution is 2.24. The summed E-state index contributed by atoms with van der Waals surface area (Å²) in [7, 11) is 0. The number of pyridine rings is 1. The Morgan fingerprint density at radius 1 is 1.21 bits per heavy atom. The summed E-state index contributed by atoms with van der Waals surface area (Å²) in [5.74, 6) is 0. The molecule has 3 aromatic rings. The summed E-state index contributed by atoms with van der Waals surface area (Å²) in [6.45, 7) is 0.673. The van der Waals surface area contributed by atoms with Gasteiger partial charge in [-0.1, -0.05) is 30.3 Å². The molecule has 0 spiro atoms. The van der Waals surface area contributed by atoms with Crippen molar-refractivity contribution in [1.82, 2.24) is 9.97 Å². The minimum absolute atomic E-state index is 0.572. The van der Waals surface area contributed by atoms with Crippen molar-refractivity contribution in [2.75, 3.05) is 5.32 Å². The lowest BCUT2D eigenvalue weighted by atomic mass is 10.1. The van der Waals surface area contributed by atoms with Crippen LogP contribution in [-0.2, 0) is 6.54 Å². The van der Waals surface area contributed by atoms with Gasteiger partial charge in [0, 0.05) is 24.3 Å². The van der Waals surface area contributed by atoms with Gasteiger partial charge in [0.2, 0.25) is 0 Å². The van der Waals surface area contributed by atoms with E-state index in [4.69, 9.17) is 0 Å². The largest absolute Gasteiger partial charge is 0.380 e. The summed E-state index contributed by atoms with van der Waals surface area (Å²) < 4.78 is 0. The molecule has 19 heavy (non-hydrogen) atoms. The lowest BCUT2D eigenvalue weighted by Gasteiger charge is -2.10. The molecular weight excluding hydrogens is 238 g/mol. The SMILES string of the molecule is O=Cc1cnc2[nH]ccc2c1NCc1ccccc1. The molecule has 4 nitrogen and oxygen atoms in total. The van der Waals surface area contributed by atoms with E-state index in [-0.39, 0.29) is 0 Å². The number of fused-ring (bicyclic) bond motifs is 1. The summed E-state index contributed by atoms with van der Waals surface area (Å²) in [4.78, 5) is 18.4. The van der Waals surface area contributed by atoms with Crippen LogP contribution in [0.5, 0.6) is 0 Å². The Hall–Kier alpha value is -2.62. The number of aromatic nitrogens is 2. The summed E-state index contributed by atoms with van der Waals surface area (Å²) in [5.41, 5.74) is 3.34. The standard InChI is InChI=1S/C15H13N3O/c19-10-12-9-18-15-13(6-7-16-15)14(12)17-8-11-4-2-1-3-5-11/h1-7,9-10H,8H2,(H2,16,17,18). The first-order valence-electron chi connectivity index (χ1n) is 6.07. The quantitative estimate of drug-likeness (QED) is 0.701. The van der Waals surface area contributed by atoms with E-state index in [1.165, 1.54) is 5.56 Å². The minimum Gasteiger partial charge on any atom is -0.380 e. The number of anilines is 1. The maximum Gasteiger partial charge on any atom is 0.153 e. The summed E-state index contributed by atoms with van der Waals surface area (Å²) in [5, 5.41) is 4.25. The van der Waals surface area contributed by atoms with E-state index in [2.05, 4.69) is 15.3 Å². The molecule has 0 aliphatic rings. The van der Waals surface area contributed by atoms with Crippen LogP contribution in [0.4, 0.5) is 5.69 Å². The molecule has 0 amide bonds. The van der Waals surface area contributed by atoms with Crippen LogP contribution in [0, 0.1) is 0 Å². The van der Waals surface area contributed by atoms with Gasteiger partial charge in [0.25, 0.3) is 0 Å². The molecule has 0 fully saturated rings. The monoisotopic (exact) mass is 251 g/mol. The van der Waals surface area contributed by atoms with Gasteiger partial charge in [0.05, 0.1) is 11.3 Å². The van der Waals surface area contributed by atoms with Gasteiger partial charge in [-0.2, -0.15) is 0 Å². The Labute approximate surface area is 110 Å². The van der Waals surface area contributed by atoms with Crippen molar-refractivity contribution in [3.8, 4) is 0 Å². The van der Waals surface area contributed by atoms with Crippen molar-refractivity contribution in [1.29, 1.82) is 0 Å². The Kier molecular flexibility index (Phi) is 2.98. The molecule has 4 heteroatoms. The molecule has 0 saturated carbocycles. The van der Waals surface area contributed by atoms with Crippen LogP contribution in [0.15, 0.2) is 48.8 Å². The van der Waals surface area contributed by atoms with Crippen LogP contribution >= 0.6 is 0 Å². The van der Waals surface area contributed by atoms with Gasteiger partial charge >= 0.3 is 0 Å². The minimum atomic E-state index is 0.572. The van der Waals surface area contributed by atoms with E-state index in [0.717, 1.165) is 23.0 Å². The van der Waals surface area contributed by atoms with E-state index < -0.39 is 0 Å². The molecule has 0 saturated heterocycles. The van der Waals surface area contributed by atoms with E-state index in [1.54, 1.807) is 6.20 Å². The number of benzene rings is 1. The first-order chi connectivity index (χ1) is 9.38. The fraction of sp³-hybridized carbons (Fsp3) is 0.0667. The van der Waals surface area contributed by atoms with Gasteiger partial charge in [-0.25, -0.2) is 4.98 Å². The topological polar surface area (TPSA) is 57.8 Å². The summed E-state index contributed by atoms with van der Waals surface area (Å²) in [6, 6.07) is 12.0. The fourth-order valence-corrected chi connectivity index (χ4v) is 2.10. The molecule has 0 aliphatic carbocycles. The first-order valence-corrected chi connectivity index (χ1v) is 6.07. The van der Waals surface area contributed by atoms with Crippen LogP contribution in [-0.4, -0.2) is 16.3 Å². The van der Waals surface area contributed by atoms with Crippen LogP contribution in [0.25, 0.3) is 11.0 Å². The van der Waals surface area contributed by atoms with E-state index >= 15 is 0 Å². The maximum atomic E-state index is 11.1. The van der Waals surface area contributed by atoms with Gasteiger partial charge in [-0.15, -0.1) is 0 Å². The van der Waals surface area contributed by atoms with Gasteiger partial charge < -0.3 is 10.3 Å². The number of H-pyrrole nitrogens is 1. The molecule has 1 aromatic carbocycles. The zero-order valence-corrected chi connectivity index (χ0v) is 10.3. The van der Waals surface area contributed by atoms with Crippen molar-refractivity contribution in [2.45, 2.75) is 6.54 Å². The molecule has 2 N–H and O–H groups in total. The second-order valence-corrected chi connectivity index (χ2v) is 4.29. The van der Waals surface area contributed by atoms with Crippen LogP contribution in [0.2, 0.25) is 0 Å². The van der Waals surface area contributed by atoms with Crippen molar-refractivity contribution in [3.63, 3.8) is 0 Å². The molecule has 2 heterocycles. The average Bonchev–Trinajstić information content (AvgIpc) is 2.94. The molecule has 0 aliphatic heterocycles. The third-order valence-corrected chi connectivity index (χ3v) is 3.06. The molecule has 0 unspecified atom stereocenters. The lowest BCUT2D eigenvalue weighted by Crippen LogP contribution is -2.03. The van der Waals surface area contributed by atoms with Crippen molar-refractivity contribution in [3.05, 3.63) is 59.9 Å². The lowest BCUT2D eigenvalue weighted by molar-refractivity contribution is 0.112. The highest BCUT2D eigenvalue weighted by Gasteiger charge is 2.08. The predicted octanol–water partition coefficient (Wildman–Crippen LogP) is 2.99. The Morgan fingerprint density at radius 3 is 2.84 bits per heavy atom. The van der Waals surface area contributed by atoms with Gasteiger partial charge in [-0.05, 0) is 11.6 Å². The van der Waals surface area contributed by atoms with Crippen LogP contribution < -0.4 is 5.32 Å². The zero-order valence-electron chi connectivity index (χ0n) is 10.3. The summed E-state index contributed by atoms with van der Waals surface area (Å²) in [6.07, 6.45) is 4.23. The number of hydrogen-bond acceptors (Lipinski definition) is 3. The number of nitrogens with zero attached hydrogens (tertiary/aromatic N) is 1. The molecule has 2 aromatic heterocycles. The molecular formula is C15H13N3O. The number of aldehydes is 1. The van der Waals surface area contributed by atoms with Crippen LogP contribution in [0.3, 0.4) is 0 Å². The number of aromatic amines is 1. The predicted molar refractivity (Wildman–Crippen MR) is 75.2 cm³/mol. The average molecular weight is 251 g/mol. The molecule has 0 atom stereocenters. The second-order valence-electron chi connectivity index (χ2n) is 4.29. The zero-order chi connectivity index (χ0) is 13.1. The Bertz CT molecular complexity index is 704. The number of hydrogen-bond donors (Lipinski definition) is 2. The highest BCUT2D eigenvalue weighted by atomic mass is 16.1. The Morgan fingerprint density at radius 2 is 2.05 bits per heavy atom. The van der Waals surface area contributed by atoms with Gasteiger partial charge in [0.1, 0.15) is 5.65 Å². The van der Waals surface area contributed by atoms with Crippen molar-refractivity contribution >= 4 is 23.0 Å². The number of carbonyl (C=O) groups excluding carboxylic acids is 1. The molecule has 0 bridgehead atoms. The number of carbonyl (C=O) groups is 1. The summed E-state index contributed by atoms with van der Waals surface area (Å²) >= 11 is 0. The number of nitrogens with one attached hydrogen (secondary N) is 2. The third kappa shape index (κ3) is 2.20. The molecule has 3 rings (SSSR count). The molecule has 0 radical (unpaired) electrons. The smallest absolute Gasteiger partial charge is 0.153 e. The van der Waals surface area contributed by atoms with E-state index in [1.807, 2.05) is 42.6 Å². The van der Waals surface area contributed by atoms with Crippen molar-refractivity contribution < 1.29 is 4.79 Å². The van der Waals surface area contributed by atoms with Crippen molar-refractivity contribution in [2.24, 2.45) is 0 Å². The Balaban J connectivity index is 1.95. The van der Waals surface area contributed by atoms with E-state index in [9.17, 15) is 4.79 Å². The number of rotatable bonds is 4. The van der Waals surface area contributed by atoms with Gasteiger partial charge in [-0.3, -0.25) is 4.79 Å². The highest BCUT2D eigenvalue weighted by molar-refractivity contribution is 5.99. The normalized spacial score (nSPS) is 10.5. The third-order valence-electron chi connectivity index (χ3n) is 3.06. The first kappa shape index (κ1) is 11.5. The van der Waals surface area contributed by atoms with Gasteiger partial charge in [0.15, 0.2) is 6.29 Å². The fourth-order valence-electron chi connectivity index (χ4n) is 2.10.